The second kappa shape index (κ2) is 10.4. The van der Waals surface area contributed by atoms with E-state index in [-0.39, 0.29) is 17.9 Å². The minimum atomic E-state index is -0.730. The molecule has 8 heteroatoms. The molecule has 8 nitrogen and oxygen atoms in total. The molecule has 0 saturated heterocycles. The first-order valence-corrected chi connectivity index (χ1v) is 9.43. The van der Waals surface area contributed by atoms with Crippen LogP contribution in [-0.4, -0.2) is 42.1 Å². The molecule has 6 N–H and O–H groups in total. The highest BCUT2D eigenvalue weighted by Gasteiger charge is 2.33. The van der Waals surface area contributed by atoms with Gasteiger partial charge in [0, 0.05) is 6.04 Å². The van der Waals surface area contributed by atoms with Gasteiger partial charge >= 0.3 is 6.09 Å². The number of nitrogens with one attached hydrogen (secondary N) is 2. The summed E-state index contributed by atoms with van der Waals surface area (Å²) in [6.45, 7) is 5.80. The minimum absolute atomic E-state index is 0.286. The molecule has 3 atom stereocenters. The Balaban J connectivity index is 2.72. The summed E-state index contributed by atoms with van der Waals surface area (Å²) >= 11 is 0. The summed E-state index contributed by atoms with van der Waals surface area (Å²) in [5.41, 5.74) is 10.3. The predicted molar refractivity (Wildman–Crippen MR) is 99.1 cm³/mol. The molecule has 1 aliphatic carbocycles. The Kier molecular flexibility index (Phi) is 8.84. The number of rotatable bonds is 8. The van der Waals surface area contributed by atoms with Crippen molar-refractivity contribution in [3.05, 3.63) is 0 Å². The predicted octanol–water partition coefficient (Wildman–Crippen LogP) is 1.17. The third kappa shape index (κ3) is 8.03. The molecule has 0 aromatic heterocycles. The average Bonchev–Trinajstić information content (AvgIpc) is 2.52. The van der Waals surface area contributed by atoms with Gasteiger partial charge in [-0.1, -0.05) is 12.8 Å². The zero-order valence-electron chi connectivity index (χ0n) is 16.2. The monoisotopic (exact) mass is 370 g/mol. The van der Waals surface area contributed by atoms with E-state index in [9.17, 15) is 14.4 Å². The highest BCUT2D eigenvalue weighted by Crippen LogP contribution is 2.24. The molecule has 0 aliphatic heterocycles. The van der Waals surface area contributed by atoms with Crippen molar-refractivity contribution in [3.63, 3.8) is 0 Å². The Bertz CT molecular complexity index is 490. The molecule has 26 heavy (non-hydrogen) atoms. The summed E-state index contributed by atoms with van der Waals surface area (Å²) in [5.74, 6) is -1.07. The Morgan fingerprint density at radius 2 is 1.81 bits per heavy atom. The summed E-state index contributed by atoms with van der Waals surface area (Å²) in [6, 6.07) is -1.02. The lowest BCUT2D eigenvalue weighted by Gasteiger charge is -2.31. The molecule has 1 aliphatic rings. The maximum Gasteiger partial charge on any atom is 0.408 e. The number of unbranched alkanes of at least 4 members (excludes halogenated alkanes) is 1. The molecule has 0 bridgehead atoms. The number of alkyl carbamates (subject to hydrolysis) is 1. The van der Waals surface area contributed by atoms with Crippen LogP contribution >= 0.6 is 0 Å². The highest BCUT2D eigenvalue weighted by atomic mass is 16.6. The summed E-state index contributed by atoms with van der Waals surface area (Å²) < 4.78 is 5.25. The van der Waals surface area contributed by atoms with E-state index in [0.717, 1.165) is 19.3 Å². The second-order valence-electron chi connectivity index (χ2n) is 7.89. The molecule has 0 aromatic rings. The molecule has 0 aromatic carbocycles. The van der Waals surface area contributed by atoms with E-state index in [1.807, 2.05) is 0 Å². The molecule has 1 rings (SSSR count). The topological polar surface area (TPSA) is 137 Å². The Hall–Kier alpha value is -1.83. The Morgan fingerprint density at radius 3 is 2.38 bits per heavy atom. The van der Waals surface area contributed by atoms with E-state index >= 15 is 0 Å². The molecular formula is C18H34N4O4. The zero-order valence-corrected chi connectivity index (χ0v) is 16.2. The van der Waals surface area contributed by atoms with Crippen LogP contribution in [0.2, 0.25) is 0 Å². The van der Waals surface area contributed by atoms with Crippen LogP contribution in [-0.2, 0) is 14.3 Å². The molecule has 3 amide bonds. The number of hydrogen-bond donors (Lipinski definition) is 4. The van der Waals surface area contributed by atoms with E-state index in [2.05, 4.69) is 10.6 Å². The van der Waals surface area contributed by atoms with E-state index in [1.54, 1.807) is 20.8 Å². The van der Waals surface area contributed by atoms with Crippen molar-refractivity contribution in [2.24, 2.45) is 17.4 Å². The van der Waals surface area contributed by atoms with Crippen LogP contribution in [0.15, 0.2) is 0 Å². The van der Waals surface area contributed by atoms with Gasteiger partial charge in [-0.2, -0.15) is 0 Å². The number of ether oxygens (including phenoxy) is 1. The largest absolute Gasteiger partial charge is 0.444 e. The maximum absolute atomic E-state index is 12.7. The molecular weight excluding hydrogens is 336 g/mol. The molecule has 2 unspecified atom stereocenters. The summed E-state index contributed by atoms with van der Waals surface area (Å²) in [4.78, 5) is 36.4. The third-order valence-electron chi connectivity index (χ3n) is 4.41. The van der Waals surface area contributed by atoms with Gasteiger partial charge in [-0.3, -0.25) is 9.59 Å². The van der Waals surface area contributed by atoms with Gasteiger partial charge in [0.15, 0.2) is 0 Å². The first-order valence-electron chi connectivity index (χ1n) is 9.43. The summed E-state index contributed by atoms with van der Waals surface area (Å²) in [5, 5.41) is 5.54. The highest BCUT2D eigenvalue weighted by molar-refractivity contribution is 5.86. The number of nitrogens with two attached hydrogens (primary N) is 2. The average molecular weight is 370 g/mol. The van der Waals surface area contributed by atoms with Crippen molar-refractivity contribution in [1.82, 2.24) is 10.6 Å². The van der Waals surface area contributed by atoms with Gasteiger partial charge in [0.1, 0.15) is 11.6 Å². The van der Waals surface area contributed by atoms with Crippen molar-refractivity contribution < 1.29 is 19.1 Å². The van der Waals surface area contributed by atoms with Gasteiger partial charge in [-0.15, -0.1) is 0 Å². The summed E-state index contributed by atoms with van der Waals surface area (Å²) in [7, 11) is 0. The van der Waals surface area contributed by atoms with E-state index in [4.69, 9.17) is 16.2 Å². The van der Waals surface area contributed by atoms with Gasteiger partial charge in [0.2, 0.25) is 11.8 Å². The van der Waals surface area contributed by atoms with Crippen LogP contribution in [0.1, 0.15) is 65.7 Å². The van der Waals surface area contributed by atoms with Crippen LogP contribution in [0.4, 0.5) is 4.79 Å². The zero-order chi connectivity index (χ0) is 19.7. The smallest absolute Gasteiger partial charge is 0.408 e. The first kappa shape index (κ1) is 22.2. The van der Waals surface area contributed by atoms with Gasteiger partial charge < -0.3 is 26.8 Å². The van der Waals surface area contributed by atoms with Gasteiger partial charge in [0.05, 0.1) is 5.92 Å². The van der Waals surface area contributed by atoms with Gasteiger partial charge in [0.25, 0.3) is 0 Å². The number of hydrogen-bond acceptors (Lipinski definition) is 5. The lowest BCUT2D eigenvalue weighted by atomic mass is 9.84. The van der Waals surface area contributed by atoms with Gasteiger partial charge in [-0.05, 0) is 59.4 Å². The fourth-order valence-corrected chi connectivity index (χ4v) is 3.14. The van der Waals surface area contributed by atoms with Crippen molar-refractivity contribution in [1.29, 1.82) is 0 Å². The second-order valence-corrected chi connectivity index (χ2v) is 7.89. The molecule has 1 fully saturated rings. The SMILES string of the molecule is CC(C)(C)OC(=O)N[C@@H](CCCCN)C(=O)NC1CCCCC1C(N)=O. The van der Waals surface area contributed by atoms with Crippen LogP contribution in [0, 0.1) is 5.92 Å². The molecule has 150 valence electrons. The fraction of sp³-hybridized carbons (Fsp3) is 0.833. The fourth-order valence-electron chi connectivity index (χ4n) is 3.14. The number of primary amides is 1. The van der Waals surface area contributed by atoms with Crippen molar-refractivity contribution in [2.45, 2.75) is 83.4 Å². The van der Waals surface area contributed by atoms with Crippen LogP contribution in [0.25, 0.3) is 0 Å². The summed E-state index contributed by atoms with van der Waals surface area (Å²) in [6.07, 6.45) is 4.53. The van der Waals surface area contributed by atoms with Crippen LogP contribution in [0.3, 0.4) is 0 Å². The molecule has 0 heterocycles. The third-order valence-corrected chi connectivity index (χ3v) is 4.41. The van der Waals surface area contributed by atoms with Crippen molar-refractivity contribution in [2.75, 3.05) is 6.54 Å². The standard InChI is InChI=1S/C18H34N4O4/c1-18(2,3)26-17(25)22-14(10-6-7-11-19)16(24)21-13-9-5-4-8-12(13)15(20)23/h12-14H,4-11,19H2,1-3H3,(H2,20,23)(H,21,24)(H,22,25)/t12?,13?,14-/m0/s1. The normalized spacial score (nSPS) is 21.5. The number of carbonyl (C=O) groups is 3. The van der Waals surface area contributed by atoms with Crippen molar-refractivity contribution >= 4 is 17.9 Å². The minimum Gasteiger partial charge on any atom is -0.444 e. The van der Waals surface area contributed by atoms with Crippen molar-refractivity contribution in [3.8, 4) is 0 Å². The maximum atomic E-state index is 12.7. The van der Waals surface area contributed by atoms with E-state index < -0.39 is 23.6 Å². The molecule has 1 saturated carbocycles. The Morgan fingerprint density at radius 1 is 1.15 bits per heavy atom. The quantitative estimate of drug-likeness (QED) is 0.475. The number of carbonyl (C=O) groups excluding carboxylic acids is 3. The van der Waals surface area contributed by atoms with Crippen LogP contribution < -0.4 is 22.1 Å². The van der Waals surface area contributed by atoms with Crippen LogP contribution in [0.5, 0.6) is 0 Å². The van der Waals surface area contributed by atoms with E-state index in [1.165, 1.54) is 0 Å². The lowest BCUT2D eigenvalue weighted by molar-refractivity contribution is -0.127. The lowest BCUT2D eigenvalue weighted by Crippen LogP contribution is -2.54. The van der Waals surface area contributed by atoms with Gasteiger partial charge in [-0.25, -0.2) is 4.79 Å². The van der Waals surface area contributed by atoms with E-state index in [0.29, 0.717) is 32.2 Å². The first-order chi connectivity index (χ1) is 12.1. The number of amides is 3. The Labute approximate surface area is 155 Å². The molecule has 0 spiro atoms. The molecule has 0 radical (unpaired) electrons.